The highest BCUT2D eigenvalue weighted by Crippen LogP contribution is 2.48. The highest BCUT2D eigenvalue weighted by molar-refractivity contribution is 7.16. The maximum absolute atomic E-state index is 13.0. The number of rotatable bonds is 5. The zero-order valence-corrected chi connectivity index (χ0v) is 22.9. The summed E-state index contributed by atoms with van der Waals surface area (Å²) in [5.41, 5.74) is 11.8. The molecule has 5 heterocycles. The Kier molecular flexibility index (Phi) is 5.82. The molecule has 1 atom stereocenters. The van der Waals surface area contributed by atoms with Crippen molar-refractivity contribution in [3.05, 3.63) is 76.3 Å². The molecule has 2 fully saturated rings. The topological polar surface area (TPSA) is 96.8 Å². The first kappa shape index (κ1) is 24.5. The minimum atomic E-state index is -0.507. The van der Waals surface area contributed by atoms with Gasteiger partial charge in [-0.3, -0.25) is 23.9 Å². The molecule has 0 radical (unpaired) electrons. The van der Waals surface area contributed by atoms with Gasteiger partial charge in [0.25, 0.3) is 5.91 Å². The number of thiazole rings is 1. The van der Waals surface area contributed by atoms with Gasteiger partial charge < -0.3 is 10.6 Å². The summed E-state index contributed by atoms with van der Waals surface area (Å²) in [6.07, 6.45) is 10.6. The van der Waals surface area contributed by atoms with Crippen molar-refractivity contribution < 1.29 is 9.59 Å². The van der Waals surface area contributed by atoms with E-state index in [1.165, 1.54) is 16.0 Å². The first-order valence-electron chi connectivity index (χ1n) is 13.7. The highest BCUT2D eigenvalue weighted by Gasteiger charge is 2.48. The Morgan fingerprint density at radius 3 is 2.62 bits per heavy atom. The second-order valence-corrected chi connectivity index (χ2v) is 12.7. The van der Waals surface area contributed by atoms with E-state index in [0.717, 1.165) is 73.6 Å². The van der Waals surface area contributed by atoms with Gasteiger partial charge in [0.05, 0.1) is 12.1 Å². The van der Waals surface area contributed by atoms with Crippen molar-refractivity contribution in [2.75, 3.05) is 26.2 Å². The zero-order chi connectivity index (χ0) is 26.7. The maximum atomic E-state index is 13.0. The largest absolute Gasteiger partial charge is 0.364 e. The number of aromatic nitrogens is 3. The maximum Gasteiger partial charge on any atom is 0.267 e. The average molecular weight is 541 g/mol. The minimum absolute atomic E-state index is 0.198. The Morgan fingerprint density at radius 1 is 1.10 bits per heavy atom. The molecule has 4 aromatic rings. The zero-order valence-electron chi connectivity index (χ0n) is 22.1. The molecule has 1 unspecified atom stereocenters. The number of imidazole rings is 1. The predicted octanol–water partition coefficient (Wildman–Crippen LogP) is 4.02. The van der Waals surface area contributed by atoms with E-state index in [9.17, 15) is 9.59 Å². The molecule has 7 rings (SSSR count). The molecule has 9 heteroatoms. The lowest BCUT2D eigenvalue weighted by Crippen LogP contribution is -2.61. The van der Waals surface area contributed by atoms with Gasteiger partial charge >= 0.3 is 0 Å². The van der Waals surface area contributed by atoms with Crippen LogP contribution in [0.3, 0.4) is 0 Å². The Hall–Kier alpha value is -3.56. The standard InChI is InChI=1S/C30H32N6O2S/c1-19-15-35-16-23(33-29(35)39-19)13-27(37)34-10-8-30(9-11-34)17-36(18-30)26-7-4-21-12-20(2-5-24(21)26)22-3-6-25(28(31)38)32-14-22/h2-3,5-6,12,14-16,26H,4,7-11,13,17-18H2,1H3,(H2,31,38). The van der Waals surface area contributed by atoms with Gasteiger partial charge in [0.15, 0.2) is 4.96 Å². The van der Waals surface area contributed by atoms with E-state index in [0.29, 0.717) is 17.9 Å². The lowest BCUT2D eigenvalue weighted by atomic mass is 9.71. The van der Waals surface area contributed by atoms with E-state index in [1.54, 1.807) is 23.6 Å². The Morgan fingerprint density at radius 2 is 1.90 bits per heavy atom. The molecule has 1 aromatic carbocycles. The molecule has 2 amide bonds. The molecule has 2 aliphatic heterocycles. The molecule has 2 saturated heterocycles. The van der Waals surface area contributed by atoms with Crippen LogP contribution in [0.15, 0.2) is 48.9 Å². The average Bonchev–Trinajstić information content (AvgIpc) is 3.59. The van der Waals surface area contributed by atoms with Crippen molar-refractivity contribution in [1.82, 2.24) is 24.2 Å². The number of benzene rings is 1. The van der Waals surface area contributed by atoms with E-state index in [2.05, 4.69) is 46.2 Å². The molecule has 0 saturated carbocycles. The van der Waals surface area contributed by atoms with Gasteiger partial charge in [-0.05, 0) is 60.8 Å². The summed E-state index contributed by atoms with van der Waals surface area (Å²) >= 11 is 1.66. The fourth-order valence-electron chi connectivity index (χ4n) is 6.76. The van der Waals surface area contributed by atoms with E-state index in [-0.39, 0.29) is 11.6 Å². The molecule has 3 aromatic heterocycles. The third-order valence-corrected chi connectivity index (χ3v) is 9.80. The number of amides is 2. The van der Waals surface area contributed by atoms with Gasteiger partial charge in [-0.15, -0.1) is 11.3 Å². The number of fused-ring (bicyclic) bond motifs is 2. The van der Waals surface area contributed by atoms with E-state index in [4.69, 9.17) is 5.73 Å². The van der Waals surface area contributed by atoms with Gasteiger partial charge in [0.2, 0.25) is 5.91 Å². The number of aryl methyl sites for hydroxylation is 2. The molecule has 0 bridgehead atoms. The molecular weight excluding hydrogens is 508 g/mol. The normalized spacial score (nSPS) is 20.3. The van der Waals surface area contributed by atoms with Gasteiger partial charge in [0, 0.05) is 61.3 Å². The third kappa shape index (κ3) is 4.43. The molecule has 200 valence electrons. The second kappa shape index (κ2) is 9.27. The van der Waals surface area contributed by atoms with Gasteiger partial charge in [-0.2, -0.15) is 0 Å². The van der Waals surface area contributed by atoms with Crippen LogP contribution in [0.2, 0.25) is 0 Å². The van der Waals surface area contributed by atoms with Crippen LogP contribution in [0.4, 0.5) is 0 Å². The lowest BCUT2D eigenvalue weighted by Gasteiger charge is -2.56. The second-order valence-electron chi connectivity index (χ2n) is 11.5. The van der Waals surface area contributed by atoms with Crippen molar-refractivity contribution in [2.45, 2.75) is 45.1 Å². The highest BCUT2D eigenvalue weighted by atomic mass is 32.1. The van der Waals surface area contributed by atoms with Crippen molar-refractivity contribution in [3.63, 3.8) is 0 Å². The summed E-state index contributed by atoms with van der Waals surface area (Å²) in [4.78, 5) is 40.0. The number of hydrogen-bond acceptors (Lipinski definition) is 6. The van der Waals surface area contributed by atoms with Crippen LogP contribution in [-0.4, -0.2) is 62.2 Å². The van der Waals surface area contributed by atoms with Crippen LogP contribution < -0.4 is 5.73 Å². The van der Waals surface area contributed by atoms with Crippen LogP contribution in [-0.2, 0) is 17.6 Å². The predicted molar refractivity (Wildman–Crippen MR) is 151 cm³/mol. The number of nitrogens with zero attached hydrogens (tertiary/aromatic N) is 5. The van der Waals surface area contributed by atoms with Crippen molar-refractivity contribution >= 4 is 28.1 Å². The molecular formula is C30H32N6O2S. The molecule has 8 nitrogen and oxygen atoms in total. The van der Waals surface area contributed by atoms with Crippen LogP contribution in [0.1, 0.15) is 57.5 Å². The number of carbonyl (C=O) groups excluding carboxylic acids is 2. The van der Waals surface area contributed by atoms with Crippen molar-refractivity contribution in [3.8, 4) is 11.1 Å². The SMILES string of the molecule is Cc1cn2cc(CC(=O)N3CCC4(CC3)CN(C3CCc5cc(-c6ccc(C(N)=O)nc6)ccc53)C4)nc2s1. The summed E-state index contributed by atoms with van der Waals surface area (Å²) in [5.74, 6) is -0.310. The number of piperidine rings is 1. The molecule has 2 N–H and O–H groups in total. The number of likely N-dealkylation sites (tertiary alicyclic amines) is 2. The van der Waals surface area contributed by atoms with E-state index < -0.39 is 5.91 Å². The van der Waals surface area contributed by atoms with Crippen LogP contribution in [0.25, 0.3) is 16.1 Å². The first-order valence-corrected chi connectivity index (χ1v) is 14.5. The summed E-state index contributed by atoms with van der Waals surface area (Å²) in [7, 11) is 0. The van der Waals surface area contributed by atoms with E-state index >= 15 is 0 Å². The minimum Gasteiger partial charge on any atom is -0.364 e. The van der Waals surface area contributed by atoms with E-state index in [1.807, 2.05) is 21.6 Å². The number of primary amides is 1. The lowest BCUT2D eigenvalue weighted by molar-refractivity contribution is -0.136. The number of nitrogens with two attached hydrogens (primary N) is 1. The van der Waals surface area contributed by atoms with Crippen LogP contribution in [0.5, 0.6) is 0 Å². The van der Waals surface area contributed by atoms with Crippen molar-refractivity contribution in [2.24, 2.45) is 11.1 Å². The van der Waals surface area contributed by atoms with Crippen LogP contribution in [0, 0.1) is 12.3 Å². The molecule has 1 spiro atoms. The summed E-state index contributed by atoms with van der Waals surface area (Å²) < 4.78 is 2.03. The fourth-order valence-corrected chi connectivity index (χ4v) is 7.59. The van der Waals surface area contributed by atoms with Gasteiger partial charge in [-0.25, -0.2) is 4.98 Å². The van der Waals surface area contributed by atoms with Gasteiger partial charge in [0.1, 0.15) is 5.69 Å². The van der Waals surface area contributed by atoms with Crippen molar-refractivity contribution in [1.29, 1.82) is 0 Å². The third-order valence-electron chi connectivity index (χ3n) is 8.89. The number of pyridine rings is 1. The number of hydrogen-bond donors (Lipinski definition) is 1. The Labute approximate surface area is 231 Å². The molecule has 39 heavy (non-hydrogen) atoms. The summed E-state index contributed by atoms with van der Waals surface area (Å²) in [5, 5.41) is 0. The van der Waals surface area contributed by atoms with Crippen LogP contribution >= 0.6 is 11.3 Å². The Balaban J connectivity index is 0.945. The van der Waals surface area contributed by atoms with Gasteiger partial charge in [-0.1, -0.05) is 24.3 Å². The molecule has 3 aliphatic rings. The Bertz CT molecular complexity index is 1540. The monoisotopic (exact) mass is 540 g/mol. The first-order chi connectivity index (χ1) is 18.9. The summed E-state index contributed by atoms with van der Waals surface area (Å²) in [6.45, 7) is 6.01. The number of carbonyl (C=O) groups is 2. The smallest absolute Gasteiger partial charge is 0.267 e. The fraction of sp³-hybridized carbons (Fsp3) is 0.400. The summed E-state index contributed by atoms with van der Waals surface area (Å²) in [6, 6.07) is 10.8. The molecule has 1 aliphatic carbocycles. The quantitative estimate of drug-likeness (QED) is 0.413.